The molecule has 0 saturated heterocycles. The second-order valence-electron chi connectivity index (χ2n) is 15.1. The molecule has 4 aromatic heterocycles. The molecule has 12 aromatic rings. The summed E-state index contributed by atoms with van der Waals surface area (Å²) < 4.78 is 4.77. The van der Waals surface area contributed by atoms with Crippen molar-refractivity contribution in [3.05, 3.63) is 187 Å². The maximum absolute atomic E-state index is 5.22. The summed E-state index contributed by atoms with van der Waals surface area (Å²) >= 11 is 0. The van der Waals surface area contributed by atoms with Gasteiger partial charge in [-0.25, -0.2) is 4.98 Å². The van der Waals surface area contributed by atoms with Crippen LogP contribution in [0.1, 0.15) is 11.1 Å². The lowest BCUT2D eigenvalue weighted by Crippen LogP contribution is -2.06. The molecular weight excluding hydrogens is 695 g/mol. The summed E-state index contributed by atoms with van der Waals surface area (Å²) in [6.45, 7) is 0. The molecule has 1 aliphatic carbocycles. The average Bonchev–Trinajstić information content (AvgIpc) is 3.95. The standard InChI is InChI=1S/C52H31N5/c1-3-14-31(15-4-1)50-53-51(32-16-5-2-6-17-32)55-52(54-50)57-42-27-10-8-21-39(42)47-44(57)29-28-43-48(47)40-25-13-24-38-37-23-12-19-34-30-33-18-11-22-36(45(33)46(34)37)35-20-7-9-26-41(35)56(43)49(38)40/h1-29H,30H2. The van der Waals surface area contributed by atoms with Crippen LogP contribution in [0.3, 0.4) is 0 Å². The number of aromatic nitrogens is 5. The van der Waals surface area contributed by atoms with Crippen molar-refractivity contribution in [2.24, 2.45) is 0 Å². The number of fused-ring (bicyclic) bond motifs is 11. The molecule has 13 rings (SSSR count). The zero-order valence-electron chi connectivity index (χ0n) is 30.7. The van der Waals surface area contributed by atoms with Crippen LogP contribution in [-0.2, 0) is 6.42 Å². The van der Waals surface area contributed by atoms with E-state index in [0.717, 1.165) is 34.0 Å². The van der Waals surface area contributed by atoms with Gasteiger partial charge in [0.25, 0.3) is 0 Å². The van der Waals surface area contributed by atoms with Gasteiger partial charge in [-0.3, -0.25) is 4.57 Å². The molecule has 0 atom stereocenters. The summed E-state index contributed by atoms with van der Waals surface area (Å²) in [6.07, 6.45) is 0.947. The minimum Gasteiger partial charge on any atom is -0.308 e. The average molecular weight is 726 g/mol. The fraction of sp³-hybridized carbons (Fsp3) is 0.0192. The van der Waals surface area contributed by atoms with E-state index in [4.69, 9.17) is 15.0 Å². The second-order valence-corrected chi connectivity index (χ2v) is 15.1. The summed E-state index contributed by atoms with van der Waals surface area (Å²) in [4.78, 5) is 15.5. The lowest BCUT2D eigenvalue weighted by Gasteiger charge is -2.11. The summed E-state index contributed by atoms with van der Waals surface area (Å²) in [5.74, 6) is 1.86. The number of para-hydroxylation sites is 3. The van der Waals surface area contributed by atoms with Crippen LogP contribution in [-0.4, -0.2) is 23.9 Å². The van der Waals surface area contributed by atoms with Crippen molar-refractivity contribution in [2.45, 2.75) is 6.42 Å². The summed E-state index contributed by atoms with van der Waals surface area (Å²) in [6, 6.07) is 63.2. The Labute approximate surface area is 326 Å². The Balaban J connectivity index is 1.24. The largest absolute Gasteiger partial charge is 0.308 e. The molecule has 0 fully saturated rings. The normalized spacial score (nSPS) is 12.5. The monoisotopic (exact) mass is 725 g/mol. The van der Waals surface area contributed by atoms with Gasteiger partial charge in [-0.05, 0) is 63.4 Å². The summed E-state index contributed by atoms with van der Waals surface area (Å²) in [5, 5.41) is 12.6. The van der Waals surface area contributed by atoms with Gasteiger partial charge >= 0.3 is 0 Å². The van der Waals surface area contributed by atoms with E-state index >= 15 is 0 Å². The molecule has 8 aromatic carbocycles. The zero-order valence-corrected chi connectivity index (χ0v) is 30.7. The Morgan fingerprint density at radius 2 is 0.842 bits per heavy atom. The first-order valence-corrected chi connectivity index (χ1v) is 19.5. The molecule has 5 nitrogen and oxygen atoms in total. The molecule has 57 heavy (non-hydrogen) atoms. The van der Waals surface area contributed by atoms with Crippen LogP contribution >= 0.6 is 0 Å². The molecule has 0 bridgehead atoms. The predicted octanol–water partition coefficient (Wildman–Crippen LogP) is 12.8. The van der Waals surface area contributed by atoms with E-state index in [2.05, 4.69) is 148 Å². The quantitative estimate of drug-likeness (QED) is 0.182. The van der Waals surface area contributed by atoms with E-state index in [-0.39, 0.29) is 0 Å². The number of rotatable bonds is 3. The van der Waals surface area contributed by atoms with E-state index in [1.165, 1.54) is 76.2 Å². The lowest BCUT2D eigenvalue weighted by molar-refractivity contribution is 0.953. The van der Waals surface area contributed by atoms with Gasteiger partial charge in [0, 0.05) is 43.4 Å². The summed E-state index contributed by atoms with van der Waals surface area (Å²) in [7, 11) is 0. The minimum absolute atomic E-state index is 0.588. The van der Waals surface area contributed by atoms with E-state index in [1.54, 1.807) is 0 Å². The Kier molecular flexibility index (Phi) is 6.16. The Bertz CT molecular complexity index is 3650. The van der Waals surface area contributed by atoms with Gasteiger partial charge < -0.3 is 4.40 Å². The van der Waals surface area contributed by atoms with Gasteiger partial charge in [-0.15, -0.1) is 0 Å². The van der Waals surface area contributed by atoms with E-state index in [1.807, 2.05) is 36.4 Å². The van der Waals surface area contributed by atoms with Crippen molar-refractivity contribution in [3.8, 4) is 28.7 Å². The van der Waals surface area contributed by atoms with Crippen LogP contribution in [0.25, 0.3) is 110 Å². The molecule has 0 unspecified atom stereocenters. The molecule has 0 amide bonds. The van der Waals surface area contributed by atoms with Crippen molar-refractivity contribution in [3.63, 3.8) is 0 Å². The fourth-order valence-corrected chi connectivity index (χ4v) is 9.83. The number of hydrogen-bond donors (Lipinski definition) is 0. The second kappa shape index (κ2) is 11.4. The lowest BCUT2D eigenvalue weighted by atomic mass is 10.00. The maximum atomic E-state index is 5.22. The first-order chi connectivity index (χ1) is 28.3. The van der Waals surface area contributed by atoms with Gasteiger partial charge in [0.2, 0.25) is 5.95 Å². The third-order valence-electron chi connectivity index (χ3n) is 12.1. The van der Waals surface area contributed by atoms with Crippen molar-refractivity contribution < 1.29 is 0 Å². The van der Waals surface area contributed by atoms with Crippen LogP contribution in [0, 0.1) is 0 Å². The molecule has 0 saturated carbocycles. The van der Waals surface area contributed by atoms with Gasteiger partial charge in [0.05, 0.1) is 27.6 Å². The van der Waals surface area contributed by atoms with Crippen LogP contribution in [0.5, 0.6) is 0 Å². The molecule has 5 heteroatoms. The van der Waals surface area contributed by atoms with E-state index in [0.29, 0.717) is 17.6 Å². The minimum atomic E-state index is 0.588. The predicted molar refractivity (Wildman–Crippen MR) is 235 cm³/mol. The molecule has 4 heterocycles. The topological polar surface area (TPSA) is 48.0 Å². The summed E-state index contributed by atoms with van der Waals surface area (Å²) in [5.41, 5.74) is 10.3. The van der Waals surface area contributed by atoms with Gasteiger partial charge in [-0.2, -0.15) is 9.97 Å². The number of benzene rings is 8. The van der Waals surface area contributed by atoms with Gasteiger partial charge in [0.1, 0.15) is 0 Å². The zero-order chi connectivity index (χ0) is 37.2. The van der Waals surface area contributed by atoms with Gasteiger partial charge in [-0.1, -0.05) is 152 Å². The van der Waals surface area contributed by atoms with E-state index in [9.17, 15) is 0 Å². The van der Waals surface area contributed by atoms with Crippen LogP contribution in [0.4, 0.5) is 0 Å². The van der Waals surface area contributed by atoms with Crippen LogP contribution in [0.2, 0.25) is 0 Å². The van der Waals surface area contributed by atoms with Crippen LogP contribution < -0.4 is 0 Å². The number of nitrogens with zero attached hydrogens (tertiary/aromatic N) is 5. The van der Waals surface area contributed by atoms with Crippen molar-refractivity contribution >= 4 is 81.4 Å². The molecule has 0 aliphatic heterocycles. The van der Waals surface area contributed by atoms with Crippen LogP contribution in [0.15, 0.2) is 176 Å². The van der Waals surface area contributed by atoms with Crippen molar-refractivity contribution in [1.29, 1.82) is 0 Å². The molecule has 0 N–H and O–H groups in total. The van der Waals surface area contributed by atoms with Crippen molar-refractivity contribution in [2.75, 3.05) is 0 Å². The Morgan fingerprint density at radius 1 is 0.333 bits per heavy atom. The van der Waals surface area contributed by atoms with Crippen molar-refractivity contribution in [1.82, 2.24) is 23.9 Å². The molecule has 0 radical (unpaired) electrons. The molecule has 264 valence electrons. The molecule has 1 aliphatic rings. The fourth-order valence-electron chi connectivity index (χ4n) is 9.83. The number of hydrogen-bond acceptors (Lipinski definition) is 3. The Morgan fingerprint density at radius 3 is 1.54 bits per heavy atom. The molecule has 0 spiro atoms. The highest BCUT2D eigenvalue weighted by Crippen LogP contribution is 2.46. The Hall–Kier alpha value is -7.63. The van der Waals surface area contributed by atoms with Gasteiger partial charge in [0.15, 0.2) is 11.6 Å². The molecular formula is C52H31N5. The first-order valence-electron chi connectivity index (χ1n) is 19.5. The highest BCUT2D eigenvalue weighted by Gasteiger charge is 2.24. The first kappa shape index (κ1) is 30.7. The highest BCUT2D eigenvalue weighted by molar-refractivity contribution is 6.33. The SMILES string of the molecule is c1ccc(-c2nc(-c3ccccc3)nc(-n3c4ccccc4c4c5c6cccc7c8cccc9c8c8c(cccc8c8ccccc8n(c5ccc43)c76)C9)n2)cc1. The third kappa shape index (κ3) is 4.20. The maximum Gasteiger partial charge on any atom is 0.238 e. The third-order valence-corrected chi connectivity index (χ3v) is 12.1. The smallest absolute Gasteiger partial charge is 0.238 e. The van der Waals surface area contributed by atoms with E-state index < -0.39 is 0 Å². The highest BCUT2D eigenvalue weighted by atomic mass is 15.2.